The Kier molecular flexibility index (Phi) is 10.0. The minimum absolute atomic E-state index is 0.281. The van der Waals surface area contributed by atoms with E-state index in [2.05, 4.69) is 31.2 Å². The van der Waals surface area contributed by atoms with Gasteiger partial charge in [-0.15, -0.1) is 5.10 Å². The van der Waals surface area contributed by atoms with Gasteiger partial charge >= 0.3 is 33.0 Å². The minimum Gasteiger partial charge on any atom is -0.391 e. The molecule has 1 rings (SSSR count). The molecule has 1 aromatic rings. The van der Waals surface area contributed by atoms with Crippen LogP contribution >= 0.6 is 0 Å². The zero-order valence-electron chi connectivity index (χ0n) is 10.9. The van der Waals surface area contributed by atoms with Crippen LogP contribution in [0.5, 0.6) is 0 Å². The number of nitrogens with zero attached hydrogens (tertiary/aromatic N) is 3. The van der Waals surface area contributed by atoms with Crippen LogP contribution in [0.25, 0.3) is 0 Å². The lowest BCUT2D eigenvalue weighted by atomic mass is 10.5. The number of halogens is 2. The van der Waals surface area contributed by atoms with Gasteiger partial charge in [-0.1, -0.05) is 3.89 Å². The highest BCUT2D eigenvalue weighted by molar-refractivity contribution is 7.86. The van der Waals surface area contributed by atoms with Crippen molar-refractivity contribution in [1.29, 1.82) is 0 Å². The second kappa shape index (κ2) is 9.57. The Morgan fingerprint density at radius 2 is 1.80 bits per heavy atom. The molecule has 0 unspecified atom stereocenters. The first-order chi connectivity index (χ1) is 8.97. The van der Waals surface area contributed by atoms with Crippen molar-refractivity contribution < 1.29 is 34.7 Å². The summed E-state index contributed by atoms with van der Waals surface area (Å²) in [6, 6.07) is 0. The Balaban J connectivity index is 0. The molecule has 0 aliphatic rings. The maximum Gasteiger partial charge on any atom is 0.370 e. The van der Waals surface area contributed by atoms with E-state index in [1.54, 1.807) is 0 Å². The number of aliphatic hydroxyl groups excluding tert-OH is 1. The van der Waals surface area contributed by atoms with Gasteiger partial charge in [0.1, 0.15) is 6.54 Å². The van der Waals surface area contributed by atoms with E-state index < -0.39 is 33.0 Å². The SMILES string of the molecule is C[N+](C)(C)CCO.O=S(=O)(F)c1n[nH]c(F)n1.O=S=O. The van der Waals surface area contributed by atoms with Crippen LogP contribution in [0.4, 0.5) is 8.28 Å². The molecule has 1 heterocycles. The average Bonchev–Trinajstić information content (AvgIpc) is 2.64. The third-order valence-corrected chi connectivity index (χ3v) is 2.05. The van der Waals surface area contributed by atoms with Crippen molar-refractivity contribution in [3.8, 4) is 0 Å². The van der Waals surface area contributed by atoms with E-state index in [1.165, 1.54) is 5.10 Å². The molecule has 0 aromatic carbocycles. The summed E-state index contributed by atoms with van der Waals surface area (Å²) in [5.74, 6) is 0. The summed E-state index contributed by atoms with van der Waals surface area (Å²) < 4.78 is 60.8. The van der Waals surface area contributed by atoms with E-state index in [4.69, 9.17) is 13.5 Å². The van der Waals surface area contributed by atoms with Crippen LogP contribution in [-0.4, -0.2) is 75.9 Å². The average molecular weight is 337 g/mol. The molecule has 118 valence electrons. The topological polar surface area (TPSA) is 130 Å². The molecule has 1 aromatic heterocycles. The summed E-state index contributed by atoms with van der Waals surface area (Å²) in [7, 11) is 1.18. The number of rotatable bonds is 3. The van der Waals surface area contributed by atoms with Crippen LogP contribution in [-0.2, 0) is 21.8 Å². The number of aromatic amines is 1. The number of aromatic nitrogens is 3. The fraction of sp³-hybridized carbons (Fsp3) is 0.714. The quantitative estimate of drug-likeness (QED) is 0.513. The number of quaternary nitrogens is 1. The molecule has 0 aliphatic carbocycles. The van der Waals surface area contributed by atoms with Crippen molar-refractivity contribution in [3.05, 3.63) is 6.08 Å². The van der Waals surface area contributed by atoms with E-state index in [-0.39, 0.29) is 6.61 Å². The van der Waals surface area contributed by atoms with E-state index >= 15 is 0 Å². The van der Waals surface area contributed by atoms with Crippen molar-refractivity contribution in [2.45, 2.75) is 5.16 Å². The third kappa shape index (κ3) is 13.1. The zero-order chi connectivity index (χ0) is 16.4. The summed E-state index contributed by atoms with van der Waals surface area (Å²) in [5, 5.41) is 11.4. The maximum absolute atomic E-state index is 11.8. The molecule has 0 aliphatic heterocycles. The van der Waals surface area contributed by atoms with Crippen LogP contribution < -0.4 is 0 Å². The van der Waals surface area contributed by atoms with Gasteiger partial charge in [0, 0.05) is 0 Å². The van der Waals surface area contributed by atoms with Gasteiger partial charge in [-0.3, -0.25) is 0 Å². The Bertz CT molecular complexity index is 522. The lowest BCUT2D eigenvalue weighted by Gasteiger charge is -2.21. The number of nitrogens with one attached hydrogen (secondary N) is 1. The van der Waals surface area contributed by atoms with Crippen molar-refractivity contribution >= 4 is 21.8 Å². The normalized spacial score (nSPS) is 10.7. The monoisotopic (exact) mass is 337 g/mol. The fourth-order valence-electron chi connectivity index (χ4n) is 0.637. The summed E-state index contributed by atoms with van der Waals surface area (Å²) in [4.78, 5) is 2.59. The Morgan fingerprint density at radius 3 is 1.90 bits per heavy atom. The van der Waals surface area contributed by atoms with Crippen LogP contribution in [0.2, 0.25) is 0 Å². The molecule has 9 nitrogen and oxygen atoms in total. The van der Waals surface area contributed by atoms with Crippen molar-refractivity contribution in [1.82, 2.24) is 15.2 Å². The highest BCUT2D eigenvalue weighted by Crippen LogP contribution is 2.03. The molecule has 0 amide bonds. The first-order valence-electron chi connectivity index (χ1n) is 4.83. The molecular formula is C7H15F2N4O5S2+. The van der Waals surface area contributed by atoms with Crippen molar-refractivity contribution in [3.63, 3.8) is 0 Å². The Morgan fingerprint density at radius 1 is 1.35 bits per heavy atom. The van der Waals surface area contributed by atoms with Gasteiger partial charge < -0.3 is 9.59 Å². The molecule has 0 saturated carbocycles. The second-order valence-electron chi connectivity index (χ2n) is 4.15. The van der Waals surface area contributed by atoms with Gasteiger partial charge in [-0.05, 0) is 0 Å². The van der Waals surface area contributed by atoms with Gasteiger partial charge in [-0.2, -0.15) is 26.2 Å². The molecule has 13 heteroatoms. The molecule has 0 bridgehead atoms. The lowest BCUT2D eigenvalue weighted by Crippen LogP contribution is -2.36. The molecule has 0 radical (unpaired) electrons. The highest BCUT2D eigenvalue weighted by atomic mass is 32.3. The second-order valence-corrected chi connectivity index (χ2v) is 5.53. The van der Waals surface area contributed by atoms with Gasteiger partial charge in [0.15, 0.2) is 0 Å². The largest absolute Gasteiger partial charge is 0.391 e. The molecule has 20 heavy (non-hydrogen) atoms. The predicted molar refractivity (Wildman–Crippen MR) is 63.5 cm³/mol. The van der Waals surface area contributed by atoms with E-state index in [9.17, 15) is 16.7 Å². The first kappa shape index (κ1) is 21.0. The molecule has 0 saturated heterocycles. The van der Waals surface area contributed by atoms with Crippen LogP contribution in [0.3, 0.4) is 0 Å². The fourth-order valence-corrected chi connectivity index (χ4v) is 0.981. The highest BCUT2D eigenvalue weighted by Gasteiger charge is 2.18. The number of H-pyrrole nitrogens is 1. The van der Waals surface area contributed by atoms with Gasteiger partial charge in [0.25, 0.3) is 0 Å². The van der Waals surface area contributed by atoms with Gasteiger partial charge in [0.2, 0.25) is 0 Å². The third-order valence-electron chi connectivity index (χ3n) is 1.43. The molecule has 0 atom stereocenters. The van der Waals surface area contributed by atoms with Crippen molar-refractivity contribution in [2.24, 2.45) is 0 Å². The number of likely N-dealkylation sites (N-methyl/N-ethyl adjacent to an activating group) is 1. The summed E-state index contributed by atoms with van der Waals surface area (Å²) >= 11 is -0.750. The minimum atomic E-state index is -4.98. The maximum atomic E-state index is 11.8. The number of aliphatic hydroxyl groups is 1. The van der Waals surface area contributed by atoms with Crippen LogP contribution in [0, 0.1) is 6.08 Å². The van der Waals surface area contributed by atoms with Gasteiger partial charge in [-0.25, -0.2) is 5.10 Å². The standard InChI is InChI=1S/C5H14NO.C2HF2N3O2S.O2S/c1-6(2,3)4-5-7;3-1-5-2(7-6-1)10(4,8)9;1-3-2/h7H,4-5H2,1-3H3;(H,5,6,7);/q+1;;. The van der Waals surface area contributed by atoms with E-state index in [1.807, 2.05) is 0 Å². The van der Waals surface area contributed by atoms with Crippen LogP contribution in [0.1, 0.15) is 0 Å². The Hall–Kier alpha value is -1.31. The predicted octanol–water partition coefficient (Wildman–Crippen LogP) is -1.38. The Labute approximate surface area is 118 Å². The first-order valence-corrected chi connectivity index (χ1v) is 6.88. The van der Waals surface area contributed by atoms with Crippen LogP contribution in [0.15, 0.2) is 5.16 Å². The zero-order valence-corrected chi connectivity index (χ0v) is 12.5. The lowest BCUT2D eigenvalue weighted by molar-refractivity contribution is -0.870. The number of hydrogen-bond acceptors (Lipinski definition) is 7. The van der Waals surface area contributed by atoms with Gasteiger partial charge in [0.05, 0.1) is 27.7 Å². The summed E-state index contributed by atoms with van der Waals surface area (Å²) in [5.41, 5.74) is 0. The van der Waals surface area contributed by atoms with E-state index in [0.29, 0.717) is 0 Å². The molecule has 0 spiro atoms. The molecular weight excluding hydrogens is 322 g/mol. The summed E-state index contributed by atoms with van der Waals surface area (Å²) in [6.07, 6.45) is -1.24. The van der Waals surface area contributed by atoms with Crippen molar-refractivity contribution in [2.75, 3.05) is 34.3 Å². The summed E-state index contributed by atoms with van der Waals surface area (Å²) in [6.45, 7) is 1.11. The molecule has 0 fully saturated rings. The molecule has 2 N–H and O–H groups in total. The smallest absolute Gasteiger partial charge is 0.370 e. The number of hydrogen-bond donors (Lipinski definition) is 2. The van der Waals surface area contributed by atoms with E-state index in [0.717, 1.165) is 11.0 Å².